The molecule has 0 aromatic heterocycles. The maximum Gasteiger partial charge on any atom is 0.256 e. The van der Waals surface area contributed by atoms with Gasteiger partial charge in [-0.3, -0.25) is 4.79 Å². The van der Waals surface area contributed by atoms with E-state index in [-0.39, 0.29) is 0 Å². The van der Waals surface area contributed by atoms with Crippen LogP contribution >= 0.6 is 0 Å². The van der Waals surface area contributed by atoms with Crippen molar-refractivity contribution in [1.29, 1.82) is 0 Å². The zero-order valence-corrected chi connectivity index (χ0v) is 5.64. The van der Waals surface area contributed by atoms with Gasteiger partial charge in [0.25, 0.3) is 5.91 Å². The summed E-state index contributed by atoms with van der Waals surface area (Å²) in [5.74, 6) is -1.07. The van der Waals surface area contributed by atoms with Crippen molar-refractivity contribution in [3.63, 3.8) is 0 Å². The highest BCUT2D eigenvalue weighted by atomic mass is 16.4. The van der Waals surface area contributed by atoms with Gasteiger partial charge in [0.05, 0.1) is 0 Å². The third-order valence-corrected chi connectivity index (χ3v) is 1.72. The van der Waals surface area contributed by atoms with Crippen molar-refractivity contribution < 1.29 is 20.1 Å². The average molecular weight is 159 g/mol. The van der Waals surface area contributed by atoms with E-state index in [1.54, 1.807) is 0 Å². The van der Waals surface area contributed by atoms with Gasteiger partial charge in [0.1, 0.15) is 12.2 Å². The molecule has 1 rings (SSSR count). The smallest absolute Gasteiger partial charge is 0.256 e. The Morgan fingerprint density at radius 1 is 1.55 bits per heavy atom. The van der Waals surface area contributed by atoms with E-state index in [2.05, 4.69) is 0 Å². The van der Waals surface area contributed by atoms with Crippen molar-refractivity contribution in [2.75, 3.05) is 0 Å². The van der Waals surface area contributed by atoms with Crippen LogP contribution < -0.4 is 5.73 Å². The van der Waals surface area contributed by atoms with Crippen molar-refractivity contribution >= 4 is 5.91 Å². The number of amides is 1. The Hall–Kier alpha value is -0.910. The first-order valence-corrected chi connectivity index (χ1v) is 3.06. The number of aliphatic hydroxyl groups is 3. The number of nitrogens with two attached hydrogens (primary N) is 1. The standard InChI is InChI=1S/C6H9NO4/c7-5(10)6(11)2-1-3(8)4(6)9/h1-4,8-9,11H,(H2,7,10)/t3-,4+,6+/m0/s1. The molecule has 11 heavy (non-hydrogen) atoms. The summed E-state index contributed by atoms with van der Waals surface area (Å²) < 4.78 is 0. The Labute approximate surface area is 62.8 Å². The third-order valence-electron chi connectivity index (χ3n) is 1.72. The Morgan fingerprint density at radius 3 is 2.27 bits per heavy atom. The van der Waals surface area contributed by atoms with Gasteiger partial charge in [0.2, 0.25) is 0 Å². The fourth-order valence-electron chi connectivity index (χ4n) is 0.937. The molecule has 0 spiro atoms. The number of carbonyl (C=O) groups is 1. The third kappa shape index (κ3) is 1.03. The molecule has 0 aromatic carbocycles. The zero-order valence-electron chi connectivity index (χ0n) is 5.64. The number of aliphatic hydroxyl groups excluding tert-OH is 2. The number of hydrogen-bond donors (Lipinski definition) is 4. The molecule has 1 aliphatic rings. The summed E-state index contributed by atoms with van der Waals surface area (Å²) in [6.07, 6.45) is -0.674. The number of hydrogen-bond acceptors (Lipinski definition) is 4. The molecule has 5 heteroatoms. The van der Waals surface area contributed by atoms with E-state index >= 15 is 0 Å². The zero-order chi connectivity index (χ0) is 8.65. The van der Waals surface area contributed by atoms with Crippen LogP contribution in [0, 0.1) is 0 Å². The first kappa shape index (κ1) is 8.19. The summed E-state index contributed by atoms with van der Waals surface area (Å²) in [6, 6.07) is 0. The molecule has 1 amide bonds. The highest BCUT2D eigenvalue weighted by molar-refractivity contribution is 5.87. The summed E-state index contributed by atoms with van der Waals surface area (Å²) in [6.45, 7) is 0. The Balaban J connectivity index is 2.90. The highest BCUT2D eigenvalue weighted by Crippen LogP contribution is 2.22. The van der Waals surface area contributed by atoms with Crippen LogP contribution in [-0.4, -0.2) is 39.0 Å². The predicted octanol–water partition coefficient (Wildman–Crippen LogP) is -2.51. The number of rotatable bonds is 1. The van der Waals surface area contributed by atoms with Gasteiger partial charge in [-0.2, -0.15) is 0 Å². The average Bonchev–Trinajstić information content (AvgIpc) is 2.18. The van der Waals surface area contributed by atoms with Gasteiger partial charge in [-0.1, -0.05) is 6.08 Å². The van der Waals surface area contributed by atoms with E-state index < -0.39 is 23.7 Å². The van der Waals surface area contributed by atoms with E-state index in [4.69, 9.17) is 15.9 Å². The van der Waals surface area contributed by atoms with Gasteiger partial charge in [0, 0.05) is 0 Å². The monoisotopic (exact) mass is 159 g/mol. The molecule has 0 saturated heterocycles. The van der Waals surface area contributed by atoms with Crippen molar-refractivity contribution in [3.8, 4) is 0 Å². The molecule has 0 radical (unpaired) electrons. The normalized spacial score (nSPS) is 42.8. The van der Waals surface area contributed by atoms with Crippen LogP contribution in [-0.2, 0) is 4.79 Å². The Kier molecular flexibility index (Phi) is 1.71. The van der Waals surface area contributed by atoms with Gasteiger partial charge < -0.3 is 21.1 Å². The van der Waals surface area contributed by atoms with Crippen LogP contribution in [0.2, 0.25) is 0 Å². The molecular formula is C6H9NO4. The molecule has 0 bridgehead atoms. The van der Waals surface area contributed by atoms with Crippen molar-refractivity contribution in [2.24, 2.45) is 5.73 Å². The van der Waals surface area contributed by atoms with Crippen LogP contribution in [0.25, 0.3) is 0 Å². The second kappa shape index (κ2) is 2.30. The van der Waals surface area contributed by atoms with Gasteiger partial charge in [0.15, 0.2) is 5.60 Å². The molecular weight excluding hydrogens is 150 g/mol. The van der Waals surface area contributed by atoms with Crippen LogP contribution in [0.5, 0.6) is 0 Å². The summed E-state index contributed by atoms with van der Waals surface area (Å²) in [7, 11) is 0. The number of primary amides is 1. The fourth-order valence-corrected chi connectivity index (χ4v) is 0.937. The lowest BCUT2D eigenvalue weighted by Crippen LogP contribution is -2.52. The van der Waals surface area contributed by atoms with E-state index in [0.29, 0.717) is 0 Å². The molecule has 0 aliphatic heterocycles. The maximum atomic E-state index is 10.5. The molecule has 0 heterocycles. The summed E-state index contributed by atoms with van der Waals surface area (Å²) >= 11 is 0. The molecule has 0 unspecified atom stereocenters. The molecule has 1 aliphatic carbocycles. The van der Waals surface area contributed by atoms with Crippen LogP contribution in [0.15, 0.2) is 12.2 Å². The fraction of sp³-hybridized carbons (Fsp3) is 0.500. The van der Waals surface area contributed by atoms with E-state index in [0.717, 1.165) is 12.2 Å². The quantitative estimate of drug-likeness (QED) is 0.317. The minimum atomic E-state index is -2.11. The largest absolute Gasteiger partial charge is 0.386 e. The minimum Gasteiger partial charge on any atom is -0.386 e. The second-order valence-corrected chi connectivity index (χ2v) is 2.48. The van der Waals surface area contributed by atoms with Crippen molar-refractivity contribution in [2.45, 2.75) is 17.8 Å². The van der Waals surface area contributed by atoms with Gasteiger partial charge in [-0.05, 0) is 6.08 Å². The van der Waals surface area contributed by atoms with Gasteiger partial charge in [-0.25, -0.2) is 0 Å². The first-order chi connectivity index (χ1) is 4.98. The first-order valence-electron chi connectivity index (χ1n) is 3.06. The predicted molar refractivity (Wildman–Crippen MR) is 35.3 cm³/mol. The van der Waals surface area contributed by atoms with Gasteiger partial charge in [-0.15, -0.1) is 0 Å². The molecule has 62 valence electrons. The van der Waals surface area contributed by atoms with Gasteiger partial charge >= 0.3 is 0 Å². The van der Waals surface area contributed by atoms with Crippen molar-refractivity contribution in [1.82, 2.24) is 0 Å². The molecule has 5 nitrogen and oxygen atoms in total. The molecule has 0 aromatic rings. The van der Waals surface area contributed by atoms with Crippen LogP contribution in [0.3, 0.4) is 0 Å². The minimum absolute atomic E-state index is 0.991. The second-order valence-electron chi connectivity index (χ2n) is 2.48. The summed E-state index contributed by atoms with van der Waals surface area (Å²) in [4.78, 5) is 10.5. The molecule has 5 N–H and O–H groups in total. The van der Waals surface area contributed by atoms with Crippen molar-refractivity contribution in [3.05, 3.63) is 12.2 Å². The van der Waals surface area contributed by atoms with Crippen LogP contribution in [0.4, 0.5) is 0 Å². The SMILES string of the molecule is NC(=O)[C@@]1(O)C=C[C@H](O)[C@H]1O. The number of carbonyl (C=O) groups excluding carboxylic acids is 1. The lowest BCUT2D eigenvalue weighted by Gasteiger charge is -2.22. The Morgan fingerprint density at radius 2 is 2.09 bits per heavy atom. The molecule has 0 saturated carbocycles. The summed E-state index contributed by atoms with van der Waals surface area (Å²) in [5.41, 5.74) is 2.66. The van der Waals surface area contributed by atoms with E-state index in [1.807, 2.05) is 0 Å². The van der Waals surface area contributed by atoms with E-state index in [9.17, 15) is 9.90 Å². The lowest BCUT2D eigenvalue weighted by atomic mass is 9.99. The van der Waals surface area contributed by atoms with Crippen LogP contribution in [0.1, 0.15) is 0 Å². The Bertz CT molecular complexity index is 215. The molecule has 0 fully saturated rings. The molecule has 3 atom stereocenters. The van der Waals surface area contributed by atoms with E-state index in [1.165, 1.54) is 0 Å². The lowest BCUT2D eigenvalue weighted by molar-refractivity contribution is -0.144. The summed E-state index contributed by atoms with van der Waals surface area (Å²) in [5, 5.41) is 27.1. The highest BCUT2D eigenvalue weighted by Gasteiger charge is 2.46. The maximum absolute atomic E-state index is 10.5. The topological polar surface area (TPSA) is 104 Å².